The number of methoxy groups -OCH3 is 1. The summed E-state index contributed by atoms with van der Waals surface area (Å²) in [6, 6.07) is 21.7. The molecule has 1 N–H and O–H groups in total. The molecule has 0 aliphatic carbocycles. The fraction of sp³-hybridized carbons (Fsp3) is 0.130. The molecule has 3 aromatic carbocycles. The van der Waals surface area contributed by atoms with E-state index in [-0.39, 0.29) is 0 Å². The lowest BCUT2D eigenvalue weighted by atomic mass is 10.0. The van der Waals surface area contributed by atoms with Gasteiger partial charge >= 0.3 is 5.97 Å². The molecule has 0 heterocycles. The van der Waals surface area contributed by atoms with Crippen LogP contribution in [0.4, 0.5) is 5.69 Å². The Morgan fingerprint density at radius 2 is 1.59 bits per heavy atom. The van der Waals surface area contributed by atoms with Gasteiger partial charge in [-0.1, -0.05) is 54.1 Å². The smallest absolute Gasteiger partial charge is 0.338 e. The third kappa shape index (κ3) is 5.15. The molecule has 1 atom stereocenters. The van der Waals surface area contributed by atoms with Crippen LogP contribution in [0.5, 0.6) is 5.75 Å². The Bertz CT molecular complexity index is 1000. The molecule has 0 bridgehead atoms. The molecule has 0 fully saturated rings. The van der Waals surface area contributed by atoms with Crippen molar-refractivity contribution in [3.05, 3.63) is 83.4 Å². The normalized spacial score (nSPS) is 11.4. The van der Waals surface area contributed by atoms with Crippen molar-refractivity contribution < 1.29 is 19.1 Å². The van der Waals surface area contributed by atoms with Gasteiger partial charge in [0.1, 0.15) is 5.75 Å². The molecular weight excluding hydrogens is 390 g/mol. The predicted molar refractivity (Wildman–Crippen MR) is 113 cm³/mol. The van der Waals surface area contributed by atoms with Crippen LogP contribution in [-0.4, -0.2) is 25.1 Å². The number of halogens is 1. The summed E-state index contributed by atoms with van der Waals surface area (Å²) in [5, 5.41) is 3.11. The molecule has 29 heavy (non-hydrogen) atoms. The summed E-state index contributed by atoms with van der Waals surface area (Å²) in [6.07, 6.45) is -1.00. The van der Waals surface area contributed by atoms with Gasteiger partial charge in [0.05, 0.1) is 18.4 Å². The number of anilines is 1. The highest BCUT2D eigenvalue weighted by Gasteiger charge is 2.20. The lowest BCUT2D eigenvalue weighted by Gasteiger charge is -2.15. The Kier molecular flexibility index (Phi) is 6.52. The lowest BCUT2D eigenvalue weighted by Crippen LogP contribution is -2.30. The van der Waals surface area contributed by atoms with Crippen LogP contribution in [0, 0.1) is 0 Å². The SMILES string of the molecule is COc1ccc(Cl)cc1NC(=O)[C@@H](C)OC(=O)c1ccc(-c2ccccc2)cc1. The molecule has 0 unspecified atom stereocenters. The molecule has 5 nitrogen and oxygen atoms in total. The van der Waals surface area contributed by atoms with Crippen LogP contribution >= 0.6 is 11.6 Å². The van der Waals surface area contributed by atoms with E-state index >= 15 is 0 Å². The average molecular weight is 410 g/mol. The third-order valence-electron chi connectivity index (χ3n) is 4.30. The molecule has 3 rings (SSSR count). The van der Waals surface area contributed by atoms with Crippen LogP contribution in [0.2, 0.25) is 5.02 Å². The van der Waals surface area contributed by atoms with E-state index in [9.17, 15) is 9.59 Å². The average Bonchev–Trinajstić information content (AvgIpc) is 2.74. The van der Waals surface area contributed by atoms with Crippen LogP contribution in [0.1, 0.15) is 17.3 Å². The van der Waals surface area contributed by atoms with Gasteiger partial charge in [-0.05, 0) is 48.4 Å². The second-order valence-corrected chi connectivity index (χ2v) is 6.76. The molecule has 0 radical (unpaired) electrons. The summed E-state index contributed by atoms with van der Waals surface area (Å²) in [7, 11) is 1.49. The van der Waals surface area contributed by atoms with Gasteiger partial charge in [-0.3, -0.25) is 4.79 Å². The van der Waals surface area contributed by atoms with E-state index < -0.39 is 18.0 Å². The lowest BCUT2D eigenvalue weighted by molar-refractivity contribution is -0.123. The molecule has 6 heteroatoms. The molecule has 3 aromatic rings. The molecule has 1 amide bonds. The quantitative estimate of drug-likeness (QED) is 0.568. The molecule has 0 spiro atoms. The molecule has 0 saturated carbocycles. The predicted octanol–water partition coefficient (Wildman–Crippen LogP) is 5.20. The Balaban J connectivity index is 1.64. The van der Waals surface area contributed by atoms with E-state index in [0.29, 0.717) is 22.0 Å². The summed E-state index contributed by atoms with van der Waals surface area (Å²) in [4.78, 5) is 24.8. The first kappa shape index (κ1) is 20.4. The third-order valence-corrected chi connectivity index (χ3v) is 4.54. The van der Waals surface area contributed by atoms with Crippen molar-refractivity contribution in [3.8, 4) is 16.9 Å². The number of benzene rings is 3. The standard InChI is InChI=1S/C23H20ClNO4/c1-15(22(26)25-20-14-19(24)12-13-21(20)28-2)29-23(27)18-10-8-17(9-11-18)16-6-4-3-5-7-16/h3-15H,1-2H3,(H,25,26)/t15-/m1/s1. The Labute approximate surface area is 174 Å². The number of ether oxygens (including phenoxy) is 2. The zero-order chi connectivity index (χ0) is 20.8. The zero-order valence-electron chi connectivity index (χ0n) is 16.0. The monoisotopic (exact) mass is 409 g/mol. The first-order valence-electron chi connectivity index (χ1n) is 8.99. The van der Waals surface area contributed by atoms with E-state index in [1.54, 1.807) is 30.3 Å². The minimum atomic E-state index is -1.00. The molecule has 0 aliphatic rings. The van der Waals surface area contributed by atoms with Gasteiger partial charge in [0.2, 0.25) is 0 Å². The molecule has 0 aliphatic heterocycles. The molecular formula is C23H20ClNO4. The van der Waals surface area contributed by atoms with E-state index in [2.05, 4.69) is 5.32 Å². The topological polar surface area (TPSA) is 64.6 Å². The molecule has 0 saturated heterocycles. The van der Waals surface area contributed by atoms with Crippen molar-refractivity contribution in [2.45, 2.75) is 13.0 Å². The highest BCUT2D eigenvalue weighted by atomic mass is 35.5. The highest BCUT2D eigenvalue weighted by molar-refractivity contribution is 6.31. The van der Waals surface area contributed by atoms with Crippen LogP contribution in [0.25, 0.3) is 11.1 Å². The number of amides is 1. The highest BCUT2D eigenvalue weighted by Crippen LogP contribution is 2.28. The van der Waals surface area contributed by atoms with Gasteiger partial charge in [-0.2, -0.15) is 0 Å². The summed E-state index contributed by atoms with van der Waals surface area (Å²) in [5.41, 5.74) is 2.81. The van der Waals surface area contributed by atoms with Crippen molar-refractivity contribution in [3.63, 3.8) is 0 Å². The Morgan fingerprint density at radius 3 is 2.24 bits per heavy atom. The van der Waals surface area contributed by atoms with Crippen molar-refractivity contribution in [2.75, 3.05) is 12.4 Å². The van der Waals surface area contributed by atoms with Crippen LogP contribution < -0.4 is 10.1 Å². The largest absolute Gasteiger partial charge is 0.495 e. The number of esters is 1. The maximum atomic E-state index is 12.4. The van der Waals surface area contributed by atoms with E-state index in [4.69, 9.17) is 21.1 Å². The second-order valence-electron chi connectivity index (χ2n) is 6.32. The fourth-order valence-corrected chi connectivity index (χ4v) is 2.90. The summed E-state index contributed by atoms with van der Waals surface area (Å²) in [6.45, 7) is 1.50. The first-order valence-corrected chi connectivity index (χ1v) is 9.36. The first-order chi connectivity index (χ1) is 14.0. The van der Waals surface area contributed by atoms with E-state index in [1.165, 1.54) is 14.0 Å². The number of carbonyl (C=O) groups excluding carboxylic acids is 2. The van der Waals surface area contributed by atoms with E-state index in [0.717, 1.165) is 11.1 Å². The second kappa shape index (κ2) is 9.26. The number of rotatable bonds is 6. The number of hydrogen-bond acceptors (Lipinski definition) is 4. The van der Waals surface area contributed by atoms with Crippen molar-refractivity contribution in [2.24, 2.45) is 0 Å². The summed E-state index contributed by atoms with van der Waals surface area (Å²) >= 11 is 5.97. The Morgan fingerprint density at radius 1 is 0.931 bits per heavy atom. The summed E-state index contributed by atoms with van der Waals surface area (Å²) in [5.74, 6) is -0.608. The Hall–Kier alpha value is -3.31. The number of hydrogen-bond donors (Lipinski definition) is 1. The van der Waals surface area contributed by atoms with Crippen molar-refractivity contribution in [1.29, 1.82) is 0 Å². The fourth-order valence-electron chi connectivity index (χ4n) is 2.72. The maximum absolute atomic E-state index is 12.4. The molecule has 148 valence electrons. The minimum absolute atomic E-state index is 0.365. The van der Waals surface area contributed by atoms with Gasteiger partial charge < -0.3 is 14.8 Å². The van der Waals surface area contributed by atoms with Crippen molar-refractivity contribution >= 4 is 29.2 Å². The van der Waals surface area contributed by atoms with Gasteiger partial charge in [0.15, 0.2) is 6.10 Å². The van der Waals surface area contributed by atoms with Gasteiger partial charge in [-0.15, -0.1) is 0 Å². The number of nitrogens with one attached hydrogen (secondary N) is 1. The van der Waals surface area contributed by atoms with Gasteiger partial charge in [0.25, 0.3) is 5.91 Å². The van der Waals surface area contributed by atoms with Crippen LogP contribution in [0.3, 0.4) is 0 Å². The zero-order valence-corrected chi connectivity index (χ0v) is 16.8. The minimum Gasteiger partial charge on any atom is -0.495 e. The van der Waals surface area contributed by atoms with Gasteiger partial charge in [0, 0.05) is 5.02 Å². The van der Waals surface area contributed by atoms with Crippen LogP contribution in [-0.2, 0) is 9.53 Å². The van der Waals surface area contributed by atoms with E-state index in [1.807, 2.05) is 42.5 Å². The summed E-state index contributed by atoms with van der Waals surface area (Å²) < 4.78 is 10.5. The molecule has 0 aromatic heterocycles. The van der Waals surface area contributed by atoms with Crippen molar-refractivity contribution in [1.82, 2.24) is 0 Å². The maximum Gasteiger partial charge on any atom is 0.338 e. The van der Waals surface area contributed by atoms with Crippen LogP contribution in [0.15, 0.2) is 72.8 Å². The van der Waals surface area contributed by atoms with Gasteiger partial charge in [-0.25, -0.2) is 4.79 Å². The number of carbonyl (C=O) groups is 2.